The van der Waals surface area contributed by atoms with E-state index in [0.29, 0.717) is 16.9 Å². The van der Waals surface area contributed by atoms with Gasteiger partial charge < -0.3 is 4.98 Å². The number of aromatic nitrogens is 1. The molecule has 0 spiro atoms. The molecule has 0 saturated carbocycles. The number of nitrogens with one attached hydrogen (secondary N) is 2. The maximum Gasteiger partial charge on any atom is 0.268 e. The largest absolute Gasteiger partial charge is 0.327 e. The molecule has 1 heterocycles. The fourth-order valence-corrected chi connectivity index (χ4v) is 2.82. The summed E-state index contributed by atoms with van der Waals surface area (Å²) in [6, 6.07) is 1.29. The van der Waals surface area contributed by atoms with Crippen LogP contribution in [0.4, 0.5) is 0 Å². The fourth-order valence-electron chi connectivity index (χ4n) is 1.20. The van der Waals surface area contributed by atoms with Crippen molar-refractivity contribution in [1.82, 2.24) is 9.71 Å². The minimum atomic E-state index is -3.73. The number of hydrogen-bond donors (Lipinski definition) is 2. The molecule has 1 rings (SSSR count). The zero-order chi connectivity index (χ0) is 13.1. The van der Waals surface area contributed by atoms with E-state index < -0.39 is 15.6 Å². The highest BCUT2D eigenvalue weighted by Crippen LogP contribution is 2.11. The van der Waals surface area contributed by atoms with E-state index in [1.54, 1.807) is 0 Å². The number of rotatable bonds is 5. The minimum absolute atomic E-state index is 0.268. The molecule has 0 aromatic carbocycles. The second-order valence-corrected chi connectivity index (χ2v) is 6.74. The summed E-state index contributed by atoms with van der Waals surface area (Å²) in [7, 11) is -3.73. The van der Waals surface area contributed by atoms with Gasteiger partial charge in [0.05, 0.1) is 0 Å². The van der Waals surface area contributed by atoms with Gasteiger partial charge in [0, 0.05) is 17.2 Å². The Morgan fingerprint density at radius 2 is 2.12 bits per heavy atom. The van der Waals surface area contributed by atoms with E-state index in [2.05, 4.69) is 25.6 Å². The molecular formula is C10H15BrN2O3S. The number of pyridine rings is 1. The Morgan fingerprint density at radius 3 is 2.71 bits per heavy atom. The SMILES string of the molecule is CC(C)CCNS(=O)(=O)c1cc(Br)c[nH]c1=O. The van der Waals surface area contributed by atoms with Gasteiger partial charge in [0.1, 0.15) is 4.90 Å². The molecule has 1 aromatic heterocycles. The van der Waals surface area contributed by atoms with Gasteiger partial charge >= 0.3 is 0 Å². The molecular weight excluding hydrogens is 308 g/mol. The van der Waals surface area contributed by atoms with Crippen molar-refractivity contribution in [2.45, 2.75) is 25.2 Å². The number of halogens is 1. The Kier molecular flexibility index (Phi) is 4.91. The second kappa shape index (κ2) is 5.79. The molecule has 0 aliphatic heterocycles. The van der Waals surface area contributed by atoms with Crippen LogP contribution >= 0.6 is 15.9 Å². The van der Waals surface area contributed by atoms with Gasteiger partial charge in [-0.15, -0.1) is 0 Å². The lowest BCUT2D eigenvalue weighted by atomic mass is 10.1. The van der Waals surface area contributed by atoms with Crippen molar-refractivity contribution < 1.29 is 8.42 Å². The van der Waals surface area contributed by atoms with Crippen LogP contribution in [0.15, 0.2) is 26.4 Å². The lowest BCUT2D eigenvalue weighted by molar-refractivity contribution is 0.551. The summed E-state index contributed by atoms with van der Waals surface area (Å²) in [6.07, 6.45) is 2.13. The Hall–Kier alpha value is -0.660. The maximum absolute atomic E-state index is 11.8. The Morgan fingerprint density at radius 1 is 1.47 bits per heavy atom. The predicted molar refractivity (Wildman–Crippen MR) is 69.4 cm³/mol. The molecule has 0 atom stereocenters. The minimum Gasteiger partial charge on any atom is -0.327 e. The van der Waals surface area contributed by atoms with Crippen molar-refractivity contribution in [3.05, 3.63) is 27.1 Å². The van der Waals surface area contributed by atoms with E-state index in [0.717, 1.165) is 6.42 Å². The highest BCUT2D eigenvalue weighted by atomic mass is 79.9. The highest BCUT2D eigenvalue weighted by molar-refractivity contribution is 9.10. The third kappa shape index (κ3) is 4.25. The second-order valence-electron chi connectivity index (χ2n) is 4.09. The van der Waals surface area contributed by atoms with Gasteiger partial charge in [-0.1, -0.05) is 13.8 Å². The van der Waals surface area contributed by atoms with Crippen LogP contribution in [-0.4, -0.2) is 19.9 Å². The molecule has 0 amide bonds. The van der Waals surface area contributed by atoms with E-state index in [1.165, 1.54) is 12.3 Å². The van der Waals surface area contributed by atoms with Crippen LogP contribution < -0.4 is 10.3 Å². The molecule has 17 heavy (non-hydrogen) atoms. The van der Waals surface area contributed by atoms with E-state index in [9.17, 15) is 13.2 Å². The summed E-state index contributed by atoms with van der Waals surface area (Å²) in [5.74, 6) is 0.401. The Balaban J connectivity index is 2.90. The molecule has 7 heteroatoms. The van der Waals surface area contributed by atoms with Crippen molar-refractivity contribution >= 4 is 26.0 Å². The van der Waals surface area contributed by atoms with Gasteiger partial charge in [0.15, 0.2) is 0 Å². The first-order valence-electron chi connectivity index (χ1n) is 5.21. The zero-order valence-corrected chi connectivity index (χ0v) is 12.1. The first-order chi connectivity index (χ1) is 7.83. The van der Waals surface area contributed by atoms with E-state index in [-0.39, 0.29) is 4.90 Å². The third-order valence-corrected chi connectivity index (χ3v) is 4.06. The summed E-state index contributed by atoms with van der Waals surface area (Å²) in [5, 5.41) is 0. The quantitative estimate of drug-likeness (QED) is 0.861. The van der Waals surface area contributed by atoms with E-state index >= 15 is 0 Å². The Labute approximate surface area is 109 Å². The first-order valence-corrected chi connectivity index (χ1v) is 7.48. The third-order valence-electron chi connectivity index (χ3n) is 2.14. The maximum atomic E-state index is 11.8. The molecule has 0 aliphatic rings. The number of hydrogen-bond acceptors (Lipinski definition) is 3. The van der Waals surface area contributed by atoms with Gasteiger partial charge in [-0.25, -0.2) is 13.1 Å². The van der Waals surface area contributed by atoms with Crippen LogP contribution in [-0.2, 0) is 10.0 Å². The molecule has 0 bridgehead atoms. The summed E-state index contributed by atoms with van der Waals surface area (Å²) < 4.78 is 26.6. The van der Waals surface area contributed by atoms with Crippen LogP contribution in [0.1, 0.15) is 20.3 Å². The Bertz CT molecular complexity index is 537. The van der Waals surface area contributed by atoms with Crippen LogP contribution in [0.5, 0.6) is 0 Å². The van der Waals surface area contributed by atoms with Crippen molar-refractivity contribution in [1.29, 1.82) is 0 Å². The predicted octanol–water partition coefficient (Wildman–Crippen LogP) is 1.46. The monoisotopic (exact) mass is 322 g/mol. The lowest BCUT2D eigenvalue weighted by Gasteiger charge is -2.07. The highest BCUT2D eigenvalue weighted by Gasteiger charge is 2.18. The fraction of sp³-hybridized carbons (Fsp3) is 0.500. The molecule has 5 nitrogen and oxygen atoms in total. The lowest BCUT2D eigenvalue weighted by Crippen LogP contribution is -2.30. The van der Waals surface area contributed by atoms with Gasteiger partial charge in [-0.3, -0.25) is 4.79 Å². The summed E-state index contributed by atoms with van der Waals surface area (Å²) in [5.41, 5.74) is -0.620. The van der Waals surface area contributed by atoms with Crippen molar-refractivity contribution in [3.8, 4) is 0 Å². The average Bonchev–Trinajstić information content (AvgIpc) is 2.20. The van der Waals surface area contributed by atoms with Crippen LogP contribution in [0, 0.1) is 5.92 Å². The molecule has 1 aromatic rings. The average molecular weight is 323 g/mol. The standard InChI is InChI=1S/C10H15BrN2O3S/c1-7(2)3-4-13-17(15,16)9-5-8(11)6-12-10(9)14/h5-7,13H,3-4H2,1-2H3,(H,12,14). The van der Waals surface area contributed by atoms with Crippen LogP contribution in [0.3, 0.4) is 0 Å². The molecule has 2 N–H and O–H groups in total. The molecule has 0 unspecified atom stereocenters. The number of H-pyrrole nitrogens is 1. The number of sulfonamides is 1. The molecule has 0 saturated heterocycles. The molecule has 0 radical (unpaired) electrons. The van der Waals surface area contributed by atoms with E-state index in [1.807, 2.05) is 13.8 Å². The molecule has 0 aliphatic carbocycles. The van der Waals surface area contributed by atoms with Crippen molar-refractivity contribution in [3.63, 3.8) is 0 Å². The van der Waals surface area contributed by atoms with Crippen molar-refractivity contribution in [2.24, 2.45) is 5.92 Å². The van der Waals surface area contributed by atoms with Crippen LogP contribution in [0.2, 0.25) is 0 Å². The topological polar surface area (TPSA) is 79.0 Å². The van der Waals surface area contributed by atoms with Gasteiger partial charge in [0.2, 0.25) is 10.0 Å². The van der Waals surface area contributed by atoms with Gasteiger partial charge in [-0.2, -0.15) is 0 Å². The van der Waals surface area contributed by atoms with E-state index in [4.69, 9.17) is 0 Å². The molecule has 0 fully saturated rings. The number of aromatic amines is 1. The first kappa shape index (κ1) is 14.4. The smallest absolute Gasteiger partial charge is 0.268 e. The van der Waals surface area contributed by atoms with Crippen LogP contribution in [0.25, 0.3) is 0 Å². The normalized spacial score (nSPS) is 12.0. The van der Waals surface area contributed by atoms with Gasteiger partial charge in [0.25, 0.3) is 5.56 Å². The summed E-state index contributed by atoms with van der Waals surface area (Å²) >= 11 is 3.12. The van der Waals surface area contributed by atoms with Crippen molar-refractivity contribution in [2.75, 3.05) is 6.54 Å². The zero-order valence-electron chi connectivity index (χ0n) is 9.66. The summed E-state index contributed by atoms with van der Waals surface area (Å²) in [6.45, 7) is 4.33. The molecule has 96 valence electrons. The summed E-state index contributed by atoms with van der Waals surface area (Å²) in [4.78, 5) is 13.5. The van der Waals surface area contributed by atoms with Gasteiger partial charge in [-0.05, 0) is 34.3 Å².